The summed E-state index contributed by atoms with van der Waals surface area (Å²) in [6.45, 7) is 0. The van der Waals surface area contributed by atoms with E-state index in [0.29, 0.717) is 17.2 Å². The normalized spacial score (nSPS) is 11.1. The van der Waals surface area contributed by atoms with Crippen LogP contribution in [0, 0.1) is 0 Å². The van der Waals surface area contributed by atoms with Crippen LogP contribution in [0.25, 0.3) is 0 Å². The molecule has 1 rings (SSSR count). The first-order valence-electron chi connectivity index (χ1n) is 4.21. The van der Waals surface area contributed by atoms with Crippen LogP contribution in [0.2, 0.25) is 0 Å². The quantitative estimate of drug-likeness (QED) is 0.761. The molecule has 0 saturated heterocycles. The smallest absolute Gasteiger partial charge is 0.183 e. The number of rotatable bonds is 4. The summed E-state index contributed by atoms with van der Waals surface area (Å²) in [5.74, 6) is 0.685. The molecule has 0 aliphatic heterocycles. The van der Waals surface area contributed by atoms with E-state index in [4.69, 9.17) is 9.47 Å². The van der Waals surface area contributed by atoms with Crippen LogP contribution in [0.1, 0.15) is 5.69 Å². The summed E-state index contributed by atoms with van der Waals surface area (Å²) in [4.78, 5) is 3.96. The third-order valence-corrected chi connectivity index (χ3v) is 2.56. The zero-order valence-electron chi connectivity index (χ0n) is 8.85. The van der Waals surface area contributed by atoms with Crippen molar-refractivity contribution in [1.82, 2.24) is 4.98 Å². The molecule has 0 N–H and O–H groups in total. The Kier molecular flexibility index (Phi) is 3.52. The van der Waals surface area contributed by atoms with Crippen LogP contribution in [-0.4, -0.2) is 33.9 Å². The fraction of sp³-hybridized carbons (Fsp3) is 0.444. The maximum absolute atomic E-state index is 11.1. The summed E-state index contributed by atoms with van der Waals surface area (Å²) in [6, 6.07) is 1.62. The first-order valence-corrected chi connectivity index (χ1v) is 6.27. The molecular weight excluding hydrogens is 218 g/mol. The molecule has 6 heteroatoms. The predicted molar refractivity (Wildman–Crippen MR) is 55.9 cm³/mol. The molecular formula is C9H13NO4S. The molecule has 1 aromatic heterocycles. The maximum Gasteiger partial charge on any atom is 0.183 e. The number of methoxy groups -OCH3 is 2. The van der Waals surface area contributed by atoms with E-state index in [1.54, 1.807) is 6.07 Å². The van der Waals surface area contributed by atoms with Crippen LogP contribution in [0.3, 0.4) is 0 Å². The molecule has 0 fully saturated rings. The number of ether oxygens (including phenoxy) is 2. The fourth-order valence-electron chi connectivity index (χ4n) is 1.20. The average molecular weight is 231 g/mol. The Morgan fingerprint density at radius 2 is 2.00 bits per heavy atom. The molecule has 0 aliphatic rings. The van der Waals surface area contributed by atoms with Crippen LogP contribution < -0.4 is 9.47 Å². The lowest BCUT2D eigenvalue weighted by atomic mass is 10.3. The number of sulfone groups is 1. The standard InChI is InChI=1S/C9H13NO4S/c1-13-8-4-5-10-7(9(8)14-2)6-15(3,11)12/h4-5H,6H2,1-3H3. The second-order valence-corrected chi connectivity index (χ2v) is 5.20. The second-order valence-electron chi connectivity index (χ2n) is 3.06. The Morgan fingerprint density at radius 1 is 1.33 bits per heavy atom. The van der Waals surface area contributed by atoms with Gasteiger partial charge in [-0.25, -0.2) is 8.42 Å². The molecule has 0 bridgehead atoms. The number of hydrogen-bond donors (Lipinski definition) is 0. The van der Waals surface area contributed by atoms with Crippen LogP contribution in [0.15, 0.2) is 12.3 Å². The van der Waals surface area contributed by atoms with Crippen LogP contribution >= 0.6 is 0 Å². The molecule has 84 valence electrons. The van der Waals surface area contributed by atoms with Crippen molar-refractivity contribution in [1.29, 1.82) is 0 Å². The van der Waals surface area contributed by atoms with E-state index in [1.165, 1.54) is 20.4 Å². The zero-order chi connectivity index (χ0) is 11.5. The Morgan fingerprint density at radius 3 is 2.47 bits per heavy atom. The van der Waals surface area contributed by atoms with E-state index in [1.807, 2.05) is 0 Å². The predicted octanol–water partition coefficient (Wildman–Crippen LogP) is 0.643. The van der Waals surface area contributed by atoms with Gasteiger partial charge in [0.1, 0.15) is 5.69 Å². The van der Waals surface area contributed by atoms with Gasteiger partial charge in [0.25, 0.3) is 0 Å². The highest BCUT2D eigenvalue weighted by Crippen LogP contribution is 2.29. The molecule has 0 spiro atoms. The molecule has 15 heavy (non-hydrogen) atoms. The van der Waals surface area contributed by atoms with Gasteiger partial charge in [0, 0.05) is 18.5 Å². The van der Waals surface area contributed by atoms with Crippen molar-refractivity contribution in [3.05, 3.63) is 18.0 Å². The molecule has 0 aliphatic carbocycles. The van der Waals surface area contributed by atoms with Gasteiger partial charge in [-0.15, -0.1) is 0 Å². The van der Waals surface area contributed by atoms with Crippen LogP contribution in [-0.2, 0) is 15.6 Å². The summed E-state index contributed by atoms with van der Waals surface area (Å²) < 4.78 is 32.4. The summed E-state index contributed by atoms with van der Waals surface area (Å²) >= 11 is 0. The minimum atomic E-state index is -3.13. The third-order valence-electron chi connectivity index (χ3n) is 1.77. The summed E-state index contributed by atoms with van der Waals surface area (Å²) in [7, 11) is -0.195. The minimum absolute atomic E-state index is 0.159. The van der Waals surface area contributed by atoms with Gasteiger partial charge in [0.05, 0.1) is 20.0 Å². The molecule has 0 radical (unpaired) electrons. The summed E-state index contributed by atoms with van der Waals surface area (Å²) in [6.07, 6.45) is 2.63. The molecule has 0 aromatic carbocycles. The first-order chi connectivity index (χ1) is 6.98. The largest absolute Gasteiger partial charge is 0.493 e. The zero-order valence-corrected chi connectivity index (χ0v) is 9.67. The molecule has 0 saturated carbocycles. The van der Waals surface area contributed by atoms with E-state index < -0.39 is 9.84 Å². The van der Waals surface area contributed by atoms with Gasteiger partial charge in [0.15, 0.2) is 21.3 Å². The highest BCUT2D eigenvalue weighted by Gasteiger charge is 2.15. The van der Waals surface area contributed by atoms with E-state index in [2.05, 4.69) is 4.98 Å². The van der Waals surface area contributed by atoms with E-state index >= 15 is 0 Å². The Balaban J connectivity index is 3.18. The topological polar surface area (TPSA) is 65.5 Å². The number of aromatic nitrogens is 1. The van der Waals surface area contributed by atoms with Crippen molar-refractivity contribution in [2.45, 2.75) is 5.75 Å². The van der Waals surface area contributed by atoms with Gasteiger partial charge in [-0.3, -0.25) is 4.98 Å². The SMILES string of the molecule is COc1ccnc(CS(C)(=O)=O)c1OC. The van der Waals surface area contributed by atoms with Crippen molar-refractivity contribution in [3.8, 4) is 11.5 Å². The number of nitrogens with zero attached hydrogens (tertiary/aromatic N) is 1. The molecule has 0 atom stereocenters. The van der Waals surface area contributed by atoms with Gasteiger partial charge < -0.3 is 9.47 Å². The van der Waals surface area contributed by atoms with Gasteiger partial charge >= 0.3 is 0 Å². The molecule has 1 heterocycles. The summed E-state index contributed by atoms with van der Waals surface area (Å²) in [5, 5.41) is 0. The number of hydrogen-bond acceptors (Lipinski definition) is 5. The molecule has 1 aromatic rings. The van der Waals surface area contributed by atoms with Gasteiger partial charge in [-0.05, 0) is 0 Å². The van der Waals surface area contributed by atoms with E-state index in [-0.39, 0.29) is 5.75 Å². The second kappa shape index (κ2) is 4.48. The molecule has 0 unspecified atom stereocenters. The lowest BCUT2D eigenvalue weighted by molar-refractivity contribution is 0.350. The molecule has 5 nitrogen and oxygen atoms in total. The van der Waals surface area contributed by atoms with Gasteiger partial charge in [-0.2, -0.15) is 0 Å². The van der Waals surface area contributed by atoms with Crippen molar-refractivity contribution in [2.24, 2.45) is 0 Å². The Hall–Kier alpha value is -1.30. The van der Waals surface area contributed by atoms with Crippen LogP contribution in [0.5, 0.6) is 11.5 Å². The third kappa shape index (κ3) is 3.09. The Bertz CT molecular complexity index is 441. The Labute approximate surface area is 89.0 Å². The number of pyridine rings is 1. The first kappa shape index (κ1) is 11.8. The van der Waals surface area contributed by atoms with Crippen molar-refractivity contribution in [2.75, 3.05) is 20.5 Å². The van der Waals surface area contributed by atoms with E-state index in [9.17, 15) is 8.42 Å². The van der Waals surface area contributed by atoms with Crippen LogP contribution in [0.4, 0.5) is 0 Å². The highest BCUT2D eigenvalue weighted by molar-refractivity contribution is 7.89. The van der Waals surface area contributed by atoms with Crippen molar-refractivity contribution >= 4 is 9.84 Å². The fourth-order valence-corrected chi connectivity index (χ4v) is 1.90. The van der Waals surface area contributed by atoms with Gasteiger partial charge in [0.2, 0.25) is 0 Å². The lowest BCUT2D eigenvalue weighted by Crippen LogP contribution is -2.05. The van der Waals surface area contributed by atoms with Crippen molar-refractivity contribution < 1.29 is 17.9 Å². The highest BCUT2D eigenvalue weighted by atomic mass is 32.2. The molecule has 0 amide bonds. The van der Waals surface area contributed by atoms with Gasteiger partial charge in [-0.1, -0.05) is 0 Å². The lowest BCUT2D eigenvalue weighted by Gasteiger charge is -2.10. The minimum Gasteiger partial charge on any atom is -0.493 e. The maximum atomic E-state index is 11.1. The van der Waals surface area contributed by atoms with Crippen molar-refractivity contribution in [3.63, 3.8) is 0 Å². The monoisotopic (exact) mass is 231 g/mol. The average Bonchev–Trinajstić information content (AvgIpc) is 2.15. The van der Waals surface area contributed by atoms with E-state index in [0.717, 1.165) is 6.26 Å². The summed E-state index contributed by atoms with van der Waals surface area (Å²) in [5.41, 5.74) is 0.361.